The average molecular weight is 275 g/mol. The molecule has 1 aromatic carbocycles. The Kier molecular flexibility index (Phi) is 3.67. The summed E-state index contributed by atoms with van der Waals surface area (Å²) in [7, 11) is -1.28. The Bertz CT molecular complexity index is 512. The molecular weight excluding hydrogens is 252 g/mol. The molecule has 2 rings (SSSR count). The number of rotatable bonds is 0. The second kappa shape index (κ2) is 4.79. The van der Waals surface area contributed by atoms with Gasteiger partial charge in [0.05, 0.1) is 0 Å². The van der Waals surface area contributed by atoms with Gasteiger partial charge in [-0.15, -0.1) is 17.3 Å². The van der Waals surface area contributed by atoms with Crippen molar-refractivity contribution in [2.24, 2.45) is 0 Å². The van der Waals surface area contributed by atoms with Crippen molar-refractivity contribution in [3.05, 3.63) is 29.3 Å². The van der Waals surface area contributed by atoms with E-state index in [4.69, 9.17) is 0 Å². The summed E-state index contributed by atoms with van der Waals surface area (Å²) in [6, 6.07) is 6.75. The van der Waals surface area contributed by atoms with Crippen molar-refractivity contribution in [2.45, 2.75) is 50.2 Å². The third-order valence-corrected chi connectivity index (χ3v) is 5.23. The van der Waals surface area contributed by atoms with Crippen molar-refractivity contribution in [1.29, 1.82) is 0 Å². The summed E-state index contributed by atoms with van der Waals surface area (Å²) in [4.78, 5) is 1.45. The maximum Gasteiger partial charge on any atom is 0.129 e. The maximum absolute atomic E-state index is 3.45. The predicted octanol–water partition coefficient (Wildman–Crippen LogP) is 4.69. The Morgan fingerprint density at radius 2 is 1.94 bits per heavy atom. The fourth-order valence-electron chi connectivity index (χ4n) is 2.07. The topological polar surface area (TPSA) is 0 Å². The first-order valence-electron chi connectivity index (χ1n) is 6.58. The van der Waals surface area contributed by atoms with Crippen LogP contribution in [0.2, 0.25) is 19.6 Å². The van der Waals surface area contributed by atoms with Crippen molar-refractivity contribution < 1.29 is 0 Å². The standard InChI is InChI=1S/C16H22SSi/c1-16(2)9-10-17-15-7-6-13(12-14(15)16)8-11-18(3,4)5/h6-7,12H,9-10H2,1-5H3. The summed E-state index contributed by atoms with van der Waals surface area (Å²) < 4.78 is 0. The minimum Gasteiger partial charge on any atom is -0.127 e. The third-order valence-electron chi connectivity index (χ3n) is 3.28. The Labute approximate surface area is 117 Å². The van der Waals surface area contributed by atoms with E-state index in [2.05, 4.69) is 63.2 Å². The molecule has 0 radical (unpaired) electrons. The lowest BCUT2D eigenvalue weighted by Crippen LogP contribution is -2.22. The fraction of sp³-hybridized carbons (Fsp3) is 0.500. The first-order valence-corrected chi connectivity index (χ1v) is 11.1. The molecule has 0 saturated carbocycles. The van der Waals surface area contributed by atoms with Gasteiger partial charge in [-0.2, -0.15) is 0 Å². The highest BCUT2D eigenvalue weighted by atomic mass is 32.2. The van der Waals surface area contributed by atoms with Crippen LogP contribution < -0.4 is 0 Å². The predicted molar refractivity (Wildman–Crippen MR) is 85.0 cm³/mol. The molecule has 1 aliphatic rings. The van der Waals surface area contributed by atoms with E-state index < -0.39 is 8.07 Å². The minimum atomic E-state index is -1.28. The number of benzene rings is 1. The van der Waals surface area contributed by atoms with Gasteiger partial charge in [0.2, 0.25) is 0 Å². The van der Waals surface area contributed by atoms with Gasteiger partial charge >= 0.3 is 0 Å². The molecule has 1 aliphatic heterocycles. The molecule has 0 nitrogen and oxygen atoms in total. The summed E-state index contributed by atoms with van der Waals surface area (Å²) in [5.41, 5.74) is 6.43. The van der Waals surface area contributed by atoms with E-state index in [9.17, 15) is 0 Å². The molecule has 0 amide bonds. The molecule has 0 N–H and O–H groups in total. The lowest BCUT2D eigenvalue weighted by Gasteiger charge is -2.32. The van der Waals surface area contributed by atoms with Crippen LogP contribution in [0.15, 0.2) is 23.1 Å². The highest BCUT2D eigenvalue weighted by Crippen LogP contribution is 2.41. The zero-order chi connectivity index (χ0) is 13.4. The van der Waals surface area contributed by atoms with Gasteiger partial charge < -0.3 is 0 Å². The highest BCUT2D eigenvalue weighted by Gasteiger charge is 2.27. The largest absolute Gasteiger partial charge is 0.129 e. The second-order valence-corrected chi connectivity index (χ2v) is 12.6. The summed E-state index contributed by atoms with van der Waals surface area (Å²) >= 11 is 1.98. The first-order chi connectivity index (χ1) is 8.28. The maximum atomic E-state index is 3.45. The Morgan fingerprint density at radius 3 is 2.61 bits per heavy atom. The van der Waals surface area contributed by atoms with Crippen molar-refractivity contribution in [1.82, 2.24) is 0 Å². The molecule has 0 bridgehead atoms. The molecule has 1 heterocycles. The average Bonchev–Trinajstić information content (AvgIpc) is 2.25. The monoisotopic (exact) mass is 274 g/mol. The molecule has 96 valence electrons. The molecule has 0 atom stereocenters. The van der Waals surface area contributed by atoms with Crippen molar-refractivity contribution >= 4 is 19.8 Å². The summed E-state index contributed by atoms with van der Waals surface area (Å²) in [5, 5.41) is 0. The van der Waals surface area contributed by atoms with Crippen molar-refractivity contribution in [2.75, 3.05) is 5.75 Å². The lowest BCUT2D eigenvalue weighted by molar-refractivity contribution is 0.494. The van der Waals surface area contributed by atoms with E-state index in [1.54, 1.807) is 0 Å². The normalized spacial score (nSPS) is 17.6. The van der Waals surface area contributed by atoms with Crippen LogP contribution in [0.5, 0.6) is 0 Å². The number of hydrogen-bond donors (Lipinski definition) is 0. The van der Waals surface area contributed by atoms with Crippen LogP contribution in [0, 0.1) is 11.5 Å². The van der Waals surface area contributed by atoms with Crippen LogP contribution in [-0.2, 0) is 5.41 Å². The lowest BCUT2D eigenvalue weighted by atomic mass is 9.81. The van der Waals surface area contributed by atoms with E-state index >= 15 is 0 Å². The SMILES string of the molecule is CC1(C)CCSc2ccc(C#C[Si](C)(C)C)cc21. The van der Waals surface area contributed by atoms with Gasteiger partial charge in [0.1, 0.15) is 8.07 Å². The van der Waals surface area contributed by atoms with Crippen molar-refractivity contribution in [3.63, 3.8) is 0 Å². The van der Waals surface area contributed by atoms with Gasteiger partial charge in [-0.25, -0.2) is 0 Å². The van der Waals surface area contributed by atoms with Crippen molar-refractivity contribution in [3.8, 4) is 11.5 Å². The Morgan fingerprint density at radius 1 is 1.22 bits per heavy atom. The quantitative estimate of drug-likeness (QED) is 0.488. The zero-order valence-electron chi connectivity index (χ0n) is 12.1. The van der Waals surface area contributed by atoms with E-state index in [1.807, 2.05) is 11.8 Å². The molecule has 0 aromatic heterocycles. The number of hydrogen-bond acceptors (Lipinski definition) is 1. The van der Waals surface area contributed by atoms with Gasteiger partial charge in [0.25, 0.3) is 0 Å². The van der Waals surface area contributed by atoms with Crippen LogP contribution in [0.3, 0.4) is 0 Å². The van der Waals surface area contributed by atoms with E-state index in [-0.39, 0.29) is 0 Å². The highest BCUT2D eigenvalue weighted by molar-refractivity contribution is 7.99. The molecule has 18 heavy (non-hydrogen) atoms. The molecular formula is C16H22SSi. The number of thioether (sulfide) groups is 1. The molecule has 0 aliphatic carbocycles. The zero-order valence-corrected chi connectivity index (χ0v) is 13.9. The molecule has 0 fully saturated rings. The fourth-order valence-corrected chi connectivity index (χ4v) is 4.08. The molecule has 1 aromatic rings. The second-order valence-electron chi connectivity index (χ2n) is 6.69. The van der Waals surface area contributed by atoms with Gasteiger partial charge in [-0.05, 0) is 41.4 Å². The van der Waals surface area contributed by atoms with E-state index in [0.717, 1.165) is 0 Å². The summed E-state index contributed by atoms with van der Waals surface area (Å²) in [6.07, 6.45) is 1.26. The van der Waals surface area contributed by atoms with Gasteiger partial charge in [-0.3, -0.25) is 0 Å². The first kappa shape index (κ1) is 13.8. The summed E-state index contributed by atoms with van der Waals surface area (Å²) in [5.74, 6) is 4.61. The van der Waals surface area contributed by atoms with Gasteiger partial charge in [0.15, 0.2) is 0 Å². The van der Waals surface area contributed by atoms with Gasteiger partial charge in [-0.1, -0.05) is 39.4 Å². The van der Waals surface area contributed by atoms with Gasteiger partial charge in [0, 0.05) is 10.5 Å². The molecule has 0 spiro atoms. The molecule has 2 heteroatoms. The minimum absolute atomic E-state index is 0.303. The van der Waals surface area contributed by atoms with E-state index in [1.165, 1.54) is 28.2 Å². The van der Waals surface area contributed by atoms with Crippen LogP contribution >= 0.6 is 11.8 Å². The van der Waals surface area contributed by atoms with Crippen LogP contribution in [-0.4, -0.2) is 13.8 Å². The Balaban J connectivity index is 2.39. The summed E-state index contributed by atoms with van der Waals surface area (Å²) in [6.45, 7) is 11.6. The molecule has 0 saturated heterocycles. The van der Waals surface area contributed by atoms with E-state index in [0.29, 0.717) is 5.41 Å². The Hall–Kier alpha value is -0.653. The van der Waals surface area contributed by atoms with Crippen LogP contribution in [0.1, 0.15) is 31.4 Å². The number of fused-ring (bicyclic) bond motifs is 1. The van der Waals surface area contributed by atoms with Crippen LogP contribution in [0.4, 0.5) is 0 Å². The van der Waals surface area contributed by atoms with Crippen LogP contribution in [0.25, 0.3) is 0 Å². The third kappa shape index (κ3) is 3.21. The molecule has 0 unspecified atom stereocenters. The smallest absolute Gasteiger partial charge is 0.127 e.